The van der Waals surface area contributed by atoms with Crippen LogP contribution in [0.5, 0.6) is 0 Å². The summed E-state index contributed by atoms with van der Waals surface area (Å²) in [6.07, 6.45) is 10.2. The molecule has 0 radical (unpaired) electrons. The Morgan fingerprint density at radius 3 is 2.53 bits per heavy atom. The van der Waals surface area contributed by atoms with E-state index in [1.807, 2.05) is 0 Å². The lowest BCUT2D eigenvalue weighted by Crippen LogP contribution is -2.43. The van der Waals surface area contributed by atoms with Gasteiger partial charge in [0.05, 0.1) is 0 Å². The molecule has 0 aromatic rings. The maximum Gasteiger partial charge on any atom is 0.0161 e. The smallest absolute Gasteiger partial charge is 0.0161 e. The van der Waals surface area contributed by atoms with Crippen LogP contribution in [0.2, 0.25) is 0 Å². The van der Waals surface area contributed by atoms with Gasteiger partial charge in [-0.05, 0) is 44.3 Å². The van der Waals surface area contributed by atoms with Crippen LogP contribution in [-0.2, 0) is 0 Å². The van der Waals surface area contributed by atoms with Crippen molar-refractivity contribution in [3.8, 4) is 0 Å². The molecule has 2 rings (SSSR count). The largest absolute Gasteiger partial charge is 0.310 e. The van der Waals surface area contributed by atoms with Crippen molar-refractivity contribution in [1.82, 2.24) is 5.32 Å². The molecular formula is C13H25NS. The average Bonchev–Trinajstić information content (AvgIpc) is 2.31. The van der Waals surface area contributed by atoms with Gasteiger partial charge in [-0.2, -0.15) is 11.8 Å². The molecule has 2 fully saturated rings. The normalized spacial score (nSPS) is 31.4. The third-order valence-electron chi connectivity index (χ3n) is 4.02. The van der Waals surface area contributed by atoms with Gasteiger partial charge in [0.25, 0.3) is 0 Å². The molecule has 1 heterocycles. The second-order valence-electron chi connectivity index (χ2n) is 5.27. The highest BCUT2D eigenvalue weighted by Gasteiger charge is 2.23. The Kier molecular flexibility index (Phi) is 4.83. The molecule has 0 amide bonds. The third kappa shape index (κ3) is 3.67. The Morgan fingerprint density at radius 1 is 1.07 bits per heavy atom. The van der Waals surface area contributed by atoms with E-state index in [-0.39, 0.29) is 0 Å². The van der Waals surface area contributed by atoms with Crippen LogP contribution < -0.4 is 5.32 Å². The molecule has 88 valence electrons. The van der Waals surface area contributed by atoms with Gasteiger partial charge < -0.3 is 5.32 Å². The summed E-state index contributed by atoms with van der Waals surface area (Å²) in [6.45, 7) is 2.41. The molecule has 1 saturated carbocycles. The topological polar surface area (TPSA) is 12.0 Å². The molecule has 0 aromatic carbocycles. The van der Waals surface area contributed by atoms with Crippen molar-refractivity contribution >= 4 is 11.8 Å². The van der Waals surface area contributed by atoms with E-state index >= 15 is 0 Å². The summed E-state index contributed by atoms with van der Waals surface area (Å²) in [5.74, 6) is 3.69. The zero-order valence-corrected chi connectivity index (χ0v) is 10.8. The van der Waals surface area contributed by atoms with Gasteiger partial charge in [0.2, 0.25) is 0 Å². The van der Waals surface area contributed by atoms with Crippen molar-refractivity contribution in [3.05, 3.63) is 0 Å². The summed E-state index contributed by atoms with van der Waals surface area (Å²) in [7, 11) is 0. The lowest BCUT2D eigenvalue weighted by Gasteiger charge is -2.33. The zero-order chi connectivity index (χ0) is 10.5. The van der Waals surface area contributed by atoms with E-state index < -0.39 is 0 Å². The van der Waals surface area contributed by atoms with Crippen LogP contribution in [0.1, 0.15) is 51.9 Å². The molecule has 1 nitrogen and oxygen atoms in total. The van der Waals surface area contributed by atoms with Gasteiger partial charge in [-0.1, -0.05) is 19.3 Å². The van der Waals surface area contributed by atoms with Crippen LogP contribution in [0.3, 0.4) is 0 Å². The van der Waals surface area contributed by atoms with Crippen LogP contribution in [0.4, 0.5) is 0 Å². The second kappa shape index (κ2) is 6.15. The molecule has 0 bridgehead atoms. The molecule has 0 spiro atoms. The van der Waals surface area contributed by atoms with E-state index in [0.717, 1.165) is 18.0 Å². The Hall–Kier alpha value is 0.310. The van der Waals surface area contributed by atoms with E-state index in [1.165, 1.54) is 56.5 Å². The first kappa shape index (κ1) is 11.8. The molecule has 1 unspecified atom stereocenters. The monoisotopic (exact) mass is 227 g/mol. The quantitative estimate of drug-likeness (QED) is 0.792. The first-order valence-corrected chi connectivity index (χ1v) is 7.85. The van der Waals surface area contributed by atoms with Gasteiger partial charge in [0, 0.05) is 17.8 Å². The van der Waals surface area contributed by atoms with Crippen LogP contribution >= 0.6 is 11.8 Å². The van der Waals surface area contributed by atoms with Gasteiger partial charge in [-0.25, -0.2) is 0 Å². The van der Waals surface area contributed by atoms with Crippen LogP contribution in [0, 0.1) is 5.92 Å². The van der Waals surface area contributed by atoms with Gasteiger partial charge in [-0.15, -0.1) is 0 Å². The number of hydrogen-bond donors (Lipinski definition) is 1. The minimum Gasteiger partial charge on any atom is -0.310 e. The summed E-state index contributed by atoms with van der Waals surface area (Å²) in [5.41, 5.74) is 0. The predicted octanol–water partition coefficient (Wildman–Crippen LogP) is 3.44. The van der Waals surface area contributed by atoms with Gasteiger partial charge in [0.1, 0.15) is 0 Å². The summed E-state index contributed by atoms with van der Waals surface area (Å²) in [4.78, 5) is 0. The molecule has 1 N–H and O–H groups in total. The molecule has 2 aliphatic rings. The zero-order valence-electron chi connectivity index (χ0n) is 10.0. The predicted molar refractivity (Wildman–Crippen MR) is 69.5 cm³/mol. The fraction of sp³-hybridized carbons (Fsp3) is 1.00. The fourth-order valence-corrected chi connectivity index (χ4v) is 4.10. The SMILES string of the molecule is C[C@H](NC1CCCSC1)C1CCCCC1. The molecule has 2 atom stereocenters. The highest BCUT2D eigenvalue weighted by Crippen LogP contribution is 2.27. The lowest BCUT2D eigenvalue weighted by atomic mass is 9.84. The van der Waals surface area contributed by atoms with Crippen molar-refractivity contribution < 1.29 is 0 Å². The van der Waals surface area contributed by atoms with Crippen LogP contribution in [0.15, 0.2) is 0 Å². The summed E-state index contributed by atoms with van der Waals surface area (Å²) < 4.78 is 0. The molecule has 1 saturated heterocycles. The molecule has 2 heteroatoms. The van der Waals surface area contributed by atoms with E-state index in [9.17, 15) is 0 Å². The minimum absolute atomic E-state index is 0.758. The molecule has 15 heavy (non-hydrogen) atoms. The molecule has 1 aliphatic heterocycles. The Morgan fingerprint density at radius 2 is 1.87 bits per heavy atom. The number of thioether (sulfide) groups is 1. The highest BCUT2D eigenvalue weighted by molar-refractivity contribution is 7.99. The van der Waals surface area contributed by atoms with Gasteiger partial charge in [0.15, 0.2) is 0 Å². The molecule has 1 aliphatic carbocycles. The number of rotatable bonds is 3. The van der Waals surface area contributed by atoms with Crippen molar-refractivity contribution in [2.45, 2.75) is 64.0 Å². The van der Waals surface area contributed by atoms with Crippen LogP contribution in [0.25, 0.3) is 0 Å². The number of hydrogen-bond acceptors (Lipinski definition) is 2. The Balaban J connectivity index is 1.72. The van der Waals surface area contributed by atoms with E-state index in [0.29, 0.717) is 0 Å². The lowest BCUT2D eigenvalue weighted by molar-refractivity contribution is 0.264. The standard InChI is InChI=1S/C13H25NS/c1-11(12-6-3-2-4-7-12)14-13-8-5-9-15-10-13/h11-14H,2-10H2,1H3/t11-,13?/m0/s1. The average molecular weight is 227 g/mol. The first-order valence-electron chi connectivity index (χ1n) is 6.70. The van der Waals surface area contributed by atoms with Crippen molar-refractivity contribution in [3.63, 3.8) is 0 Å². The summed E-state index contributed by atoms with van der Waals surface area (Å²) in [5, 5.41) is 3.87. The maximum absolute atomic E-state index is 3.87. The maximum atomic E-state index is 3.87. The van der Waals surface area contributed by atoms with E-state index in [2.05, 4.69) is 24.0 Å². The van der Waals surface area contributed by atoms with Gasteiger partial charge >= 0.3 is 0 Å². The number of nitrogens with one attached hydrogen (secondary N) is 1. The highest BCUT2D eigenvalue weighted by atomic mass is 32.2. The van der Waals surface area contributed by atoms with Crippen molar-refractivity contribution in [2.24, 2.45) is 5.92 Å². The fourth-order valence-electron chi connectivity index (χ4n) is 3.01. The minimum atomic E-state index is 0.758. The van der Waals surface area contributed by atoms with Gasteiger partial charge in [-0.3, -0.25) is 0 Å². The second-order valence-corrected chi connectivity index (χ2v) is 6.42. The van der Waals surface area contributed by atoms with Crippen molar-refractivity contribution in [2.75, 3.05) is 11.5 Å². The first-order chi connectivity index (χ1) is 7.36. The van der Waals surface area contributed by atoms with Crippen LogP contribution in [-0.4, -0.2) is 23.6 Å². The van der Waals surface area contributed by atoms with E-state index in [4.69, 9.17) is 0 Å². The Labute approximate surface area is 98.8 Å². The summed E-state index contributed by atoms with van der Waals surface area (Å²) in [6, 6.07) is 1.56. The Bertz CT molecular complexity index is 171. The molecular weight excluding hydrogens is 202 g/mol. The van der Waals surface area contributed by atoms with Crippen molar-refractivity contribution in [1.29, 1.82) is 0 Å². The molecule has 0 aromatic heterocycles. The van der Waals surface area contributed by atoms with E-state index in [1.54, 1.807) is 0 Å². The third-order valence-corrected chi connectivity index (χ3v) is 5.23. The summed E-state index contributed by atoms with van der Waals surface area (Å²) >= 11 is 2.13.